The average Bonchev–Trinajstić information content (AvgIpc) is 3.66. The Bertz CT molecular complexity index is 2600. The van der Waals surface area contributed by atoms with Gasteiger partial charge in [-0.3, -0.25) is 0 Å². The van der Waals surface area contributed by atoms with E-state index in [9.17, 15) is 15.8 Å². The predicted molar refractivity (Wildman–Crippen MR) is 171 cm³/mol. The summed E-state index contributed by atoms with van der Waals surface area (Å²) in [4.78, 5) is 0. The maximum absolute atomic E-state index is 10.5. The van der Waals surface area contributed by atoms with Crippen molar-refractivity contribution in [1.82, 2.24) is 0 Å². The van der Waals surface area contributed by atoms with E-state index >= 15 is 0 Å². The van der Waals surface area contributed by atoms with Gasteiger partial charge in [0.25, 0.3) is 0 Å². The summed E-state index contributed by atoms with van der Waals surface area (Å²) in [6, 6.07) is 43.4. The smallest absolute Gasteiger partial charge is 0.143 e. The molecule has 202 valence electrons. The molecule has 2 aromatic heterocycles. The largest absolute Gasteiger partial charge is 0.455 e. The standard InChI is InChI=1S/C39H19N3O2/c40-20-23-15-16-26(24(17-23)21-41)35-19-33(31-11-5-9-29-27-7-1-3-13-36(27)43-38(29)31)25(22-42)18-34(35)32-12-6-10-30-28-8-2-4-14-37(28)44-39(30)32/h1-19H. The Kier molecular flexibility index (Phi) is 5.56. The molecule has 0 saturated carbocycles. The van der Waals surface area contributed by atoms with Crippen LogP contribution in [0.1, 0.15) is 16.7 Å². The summed E-state index contributed by atoms with van der Waals surface area (Å²) in [5.41, 5.74) is 8.50. The lowest BCUT2D eigenvalue weighted by atomic mass is 9.85. The minimum absolute atomic E-state index is 0.361. The van der Waals surface area contributed by atoms with Gasteiger partial charge in [-0.15, -0.1) is 0 Å². The first-order valence-electron chi connectivity index (χ1n) is 14.0. The first-order chi connectivity index (χ1) is 21.7. The van der Waals surface area contributed by atoms with Crippen molar-refractivity contribution in [3.05, 3.63) is 132 Å². The van der Waals surface area contributed by atoms with Gasteiger partial charge in [-0.05, 0) is 47.5 Å². The van der Waals surface area contributed by atoms with Crippen LogP contribution in [-0.4, -0.2) is 0 Å². The number of nitriles is 3. The molecule has 0 N–H and O–H groups in total. The van der Waals surface area contributed by atoms with E-state index in [-0.39, 0.29) is 0 Å². The molecule has 8 aromatic rings. The molecule has 0 unspecified atom stereocenters. The van der Waals surface area contributed by atoms with Crippen LogP contribution in [0.4, 0.5) is 0 Å². The topological polar surface area (TPSA) is 97.7 Å². The van der Waals surface area contributed by atoms with Crippen LogP contribution in [0.3, 0.4) is 0 Å². The Labute approximate surface area is 251 Å². The second-order valence-electron chi connectivity index (χ2n) is 10.6. The minimum Gasteiger partial charge on any atom is -0.455 e. The van der Waals surface area contributed by atoms with Gasteiger partial charge in [-0.1, -0.05) is 78.9 Å². The number of hydrogen-bond donors (Lipinski definition) is 0. The first kappa shape index (κ1) is 25.1. The molecule has 0 spiro atoms. The molecule has 5 nitrogen and oxygen atoms in total. The van der Waals surface area contributed by atoms with E-state index in [1.165, 1.54) is 0 Å². The lowest BCUT2D eigenvalue weighted by Crippen LogP contribution is -1.95. The number of furan rings is 2. The third-order valence-corrected chi connectivity index (χ3v) is 8.23. The zero-order valence-electron chi connectivity index (χ0n) is 23.1. The molecule has 0 aliphatic heterocycles. The van der Waals surface area contributed by atoms with E-state index in [0.717, 1.165) is 55.0 Å². The third-order valence-electron chi connectivity index (χ3n) is 8.23. The molecule has 8 rings (SSSR count). The van der Waals surface area contributed by atoms with Crippen molar-refractivity contribution in [3.8, 4) is 51.6 Å². The highest BCUT2D eigenvalue weighted by molar-refractivity contribution is 6.12. The third kappa shape index (κ3) is 3.70. The van der Waals surface area contributed by atoms with E-state index in [1.807, 2.05) is 97.1 Å². The van der Waals surface area contributed by atoms with Crippen LogP contribution in [-0.2, 0) is 0 Å². The molecular formula is C39H19N3O2. The summed E-state index contributed by atoms with van der Waals surface area (Å²) in [6.07, 6.45) is 0. The van der Waals surface area contributed by atoms with Gasteiger partial charge >= 0.3 is 0 Å². The van der Waals surface area contributed by atoms with Crippen LogP contribution in [0.15, 0.2) is 124 Å². The molecule has 5 heteroatoms. The fourth-order valence-electron chi connectivity index (χ4n) is 6.22. The molecule has 0 bridgehead atoms. The lowest BCUT2D eigenvalue weighted by Gasteiger charge is -2.16. The Balaban J connectivity index is 1.48. The van der Waals surface area contributed by atoms with E-state index in [0.29, 0.717) is 39.0 Å². The number of rotatable bonds is 3. The highest BCUT2D eigenvalue weighted by Gasteiger charge is 2.22. The summed E-state index contributed by atoms with van der Waals surface area (Å²) in [5.74, 6) is 0. The highest BCUT2D eigenvalue weighted by Crippen LogP contribution is 2.45. The Morgan fingerprint density at radius 2 is 0.909 bits per heavy atom. The van der Waals surface area contributed by atoms with Gasteiger partial charge in [-0.2, -0.15) is 15.8 Å². The fraction of sp³-hybridized carbons (Fsp3) is 0. The molecule has 0 radical (unpaired) electrons. The van der Waals surface area contributed by atoms with E-state index in [2.05, 4.69) is 18.2 Å². The second-order valence-corrected chi connectivity index (χ2v) is 10.6. The van der Waals surface area contributed by atoms with Crippen molar-refractivity contribution in [2.75, 3.05) is 0 Å². The normalized spacial score (nSPS) is 11.1. The molecule has 0 saturated heterocycles. The number of benzene rings is 6. The molecule has 44 heavy (non-hydrogen) atoms. The summed E-state index contributed by atoms with van der Waals surface area (Å²) in [5, 5.41) is 34.2. The van der Waals surface area contributed by atoms with Gasteiger partial charge in [0, 0.05) is 43.8 Å². The summed E-state index contributed by atoms with van der Waals surface area (Å²) in [7, 11) is 0. The van der Waals surface area contributed by atoms with Crippen molar-refractivity contribution in [3.63, 3.8) is 0 Å². The lowest BCUT2D eigenvalue weighted by molar-refractivity contribution is 0.669. The van der Waals surface area contributed by atoms with Crippen LogP contribution < -0.4 is 0 Å². The number of fused-ring (bicyclic) bond motifs is 6. The van der Waals surface area contributed by atoms with Gasteiger partial charge < -0.3 is 8.83 Å². The van der Waals surface area contributed by atoms with Crippen LogP contribution in [0.25, 0.3) is 77.3 Å². The summed E-state index contributed by atoms with van der Waals surface area (Å²) in [6.45, 7) is 0. The van der Waals surface area contributed by atoms with Crippen LogP contribution in [0.5, 0.6) is 0 Å². The van der Waals surface area contributed by atoms with Crippen molar-refractivity contribution in [2.24, 2.45) is 0 Å². The fourth-order valence-corrected chi connectivity index (χ4v) is 6.22. The molecular weight excluding hydrogens is 542 g/mol. The quantitative estimate of drug-likeness (QED) is 0.214. The van der Waals surface area contributed by atoms with Gasteiger partial charge in [0.1, 0.15) is 22.3 Å². The van der Waals surface area contributed by atoms with Gasteiger partial charge in [-0.25, -0.2) is 0 Å². The maximum atomic E-state index is 10.5. The predicted octanol–water partition coefficient (Wildman–Crippen LogP) is 10.1. The maximum Gasteiger partial charge on any atom is 0.143 e. The molecule has 0 aliphatic carbocycles. The van der Waals surface area contributed by atoms with Crippen molar-refractivity contribution in [1.29, 1.82) is 15.8 Å². The zero-order valence-corrected chi connectivity index (χ0v) is 23.1. The monoisotopic (exact) mass is 561 g/mol. The molecule has 2 heterocycles. The van der Waals surface area contributed by atoms with Crippen LogP contribution in [0.2, 0.25) is 0 Å². The Morgan fingerprint density at radius 1 is 0.386 bits per heavy atom. The molecule has 0 fully saturated rings. The van der Waals surface area contributed by atoms with E-state index in [1.54, 1.807) is 18.2 Å². The van der Waals surface area contributed by atoms with Gasteiger partial charge in [0.05, 0.1) is 34.9 Å². The average molecular weight is 562 g/mol. The van der Waals surface area contributed by atoms with Crippen molar-refractivity contribution >= 4 is 43.9 Å². The van der Waals surface area contributed by atoms with Crippen LogP contribution >= 0.6 is 0 Å². The van der Waals surface area contributed by atoms with Gasteiger partial charge in [0.15, 0.2) is 0 Å². The number of para-hydroxylation sites is 4. The van der Waals surface area contributed by atoms with Gasteiger partial charge in [0.2, 0.25) is 0 Å². The summed E-state index contributed by atoms with van der Waals surface area (Å²) >= 11 is 0. The van der Waals surface area contributed by atoms with E-state index in [4.69, 9.17) is 8.83 Å². The molecule has 6 aromatic carbocycles. The van der Waals surface area contributed by atoms with E-state index < -0.39 is 0 Å². The SMILES string of the molecule is N#Cc1ccc(-c2cc(-c3cccc4c3oc3ccccc34)c(C#N)cc2-c2cccc3c2oc2ccccc23)c(C#N)c1. The van der Waals surface area contributed by atoms with Crippen LogP contribution in [0, 0.1) is 34.0 Å². The Hall–Kier alpha value is -6.61. The van der Waals surface area contributed by atoms with Crippen molar-refractivity contribution in [2.45, 2.75) is 0 Å². The molecule has 0 amide bonds. The molecule has 0 atom stereocenters. The minimum atomic E-state index is 0.361. The number of nitrogens with zero attached hydrogens (tertiary/aromatic N) is 3. The second kappa shape index (κ2) is 9.74. The first-order valence-corrected chi connectivity index (χ1v) is 14.0. The highest BCUT2D eigenvalue weighted by atomic mass is 16.3. The van der Waals surface area contributed by atoms with Crippen molar-refractivity contribution < 1.29 is 8.83 Å². The molecule has 0 aliphatic rings. The zero-order chi connectivity index (χ0) is 29.8. The number of hydrogen-bond acceptors (Lipinski definition) is 5. The summed E-state index contributed by atoms with van der Waals surface area (Å²) < 4.78 is 12.7. The Morgan fingerprint density at radius 3 is 1.50 bits per heavy atom.